The Hall–Kier alpha value is -1.76. The Morgan fingerprint density at radius 3 is 2.48 bits per heavy atom. The van der Waals surface area contributed by atoms with E-state index in [1.807, 2.05) is 13.0 Å². The molecule has 156 valence electrons. The standard InChI is InChI=1S/C22H25BrClNO4/c1-12-20(16-7-6-15(24)8-14(16)10-22(3,4)28)17(9-19(27)29-5)13(2)25-21(12)18(26)11-23/h6-8,28H,9-11H2,1-5H3. The van der Waals surface area contributed by atoms with E-state index in [1.165, 1.54) is 7.11 Å². The lowest BCUT2D eigenvalue weighted by atomic mass is 9.85. The number of carbonyl (C=O) groups is 2. The summed E-state index contributed by atoms with van der Waals surface area (Å²) in [6, 6.07) is 5.42. The minimum atomic E-state index is -0.966. The van der Waals surface area contributed by atoms with Gasteiger partial charge in [-0.05, 0) is 67.6 Å². The molecule has 2 rings (SSSR count). The van der Waals surface area contributed by atoms with Crippen molar-refractivity contribution in [3.63, 3.8) is 0 Å². The molecular formula is C22H25BrClNO4. The molecule has 2 aromatic rings. The Morgan fingerprint density at radius 2 is 1.93 bits per heavy atom. The van der Waals surface area contributed by atoms with Crippen molar-refractivity contribution in [1.82, 2.24) is 4.98 Å². The Balaban J connectivity index is 2.87. The molecule has 0 unspecified atom stereocenters. The summed E-state index contributed by atoms with van der Waals surface area (Å²) in [5, 5.41) is 11.1. The number of hydrogen-bond acceptors (Lipinski definition) is 5. The van der Waals surface area contributed by atoms with Crippen LogP contribution in [0.3, 0.4) is 0 Å². The van der Waals surface area contributed by atoms with Gasteiger partial charge in [-0.25, -0.2) is 4.98 Å². The quantitative estimate of drug-likeness (QED) is 0.354. The van der Waals surface area contributed by atoms with Crippen LogP contribution in [0.2, 0.25) is 5.02 Å². The number of esters is 1. The van der Waals surface area contributed by atoms with Gasteiger partial charge >= 0.3 is 5.97 Å². The van der Waals surface area contributed by atoms with Crippen molar-refractivity contribution in [2.45, 2.75) is 46.1 Å². The van der Waals surface area contributed by atoms with Crippen molar-refractivity contribution in [1.29, 1.82) is 0 Å². The van der Waals surface area contributed by atoms with E-state index < -0.39 is 11.6 Å². The van der Waals surface area contributed by atoms with Crippen molar-refractivity contribution < 1.29 is 19.4 Å². The van der Waals surface area contributed by atoms with Gasteiger partial charge in [-0.15, -0.1) is 0 Å². The number of ketones is 1. The largest absolute Gasteiger partial charge is 0.469 e. The van der Waals surface area contributed by atoms with Gasteiger partial charge in [-0.2, -0.15) is 0 Å². The zero-order chi connectivity index (χ0) is 21.9. The lowest BCUT2D eigenvalue weighted by molar-refractivity contribution is -0.139. The van der Waals surface area contributed by atoms with Crippen molar-refractivity contribution in [3.8, 4) is 11.1 Å². The van der Waals surface area contributed by atoms with Crippen LogP contribution in [-0.4, -0.2) is 39.9 Å². The molecule has 7 heteroatoms. The maximum atomic E-state index is 12.5. The molecule has 0 aliphatic heterocycles. The van der Waals surface area contributed by atoms with Crippen molar-refractivity contribution in [3.05, 3.63) is 51.3 Å². The topological polar surface area (TPSA) is 76.5 Å². The van der Waals surface area contributed by atoms with E-state index in [2.05, 4.69) is 20.9 Å². The number of aryl methyl sites for hydroxylation is 1. The second kappa shape index (κ2) is 9.37. The molecule has 0 bridgehead atoms. The van der Waals surface area contributed by atoms with Crippen LogP contribution in [0.15, 0.2) is 18.2 Å². The van der Waals surface area contributed by atoms with Gasteiger partial charge in [0, 0.05) is 17.1 Å². The number of halogens is 2. The third kappa shape index (κ3) is 5.65. The first-order valence-electron chi connectivity index (χ1n) is 9.15. The molecule has 0 fully saturated rings. The van der Waals surface area contributed by atoms with E-state index in [1.54, 1.807) is 32.9 Å². The lowest BCUT2D eigenvalue weighted by Gasteiger charge is -2.23. The Bertz CT molecular complexity index is 951. The molecule has 0 atom stereocenters. The van der Waals surface area contributed by atoms with E-state index in [4.69, 9.17) is 16.3 Å². The number of aliphatic hydroxyl groups is 1. The predicted octanol–water partition coefficient (Wildman–Crippen LogP) is 4.63. The van der Waals surface area contributed by atoms with E-state index in [0.29, 0.717) is 34.0 Å². The molecule has 0 aliphatic carbocycles. The Morgan fingerprint density at radius 1 is 1.28 bits per heavy atom. The van der Waals surface area contributed by atoms with Crippen LogP contribution in [0, 0.1) is 13.8 Å². The Labute approximate surface area is 184 Å². The van der Waals surface area contributed by atoms with Gasteiger partial charge in [-0.1, -0.05) is 33.6 Å². The minimum Gasteiger partial charge on any atom is -0.469 e. The monoisotopic (exact) mass is 481 g/mol. The summed E-state index contributed by atoms with van der Waals surface area (Å²) in [5.74, 6) is -0.539. The molecule has 0 saturated carbocycles. The van der Waals surface area contributed by atoms with Gasteiger partial charge < -0.3 is 9.84 Å². The summed E-state index contributed by atoms with van der Waals surface area (Å²) >= 11 is 9.44. The first-order valence-corrected chi connectivity index (χ1v) is 10.7. The summed E-state index contributed by atoms with van der Waals surface area (Å²) in [6.07, 6.45) is 0.377. The van der Waals surface area contributed by atoms with Crippen molar-refractivity contribution in [2.24, 2.45) is 0 Å². The summed E-state index contributed by atoms with van der Waals surface area (Å²) in [4.78, 5) is 29.0. The van der Waals surface area contributed by atoms with Crippen LogP contribution >= 0.6 is 27.5 Å². The summed E-state index contributed by atoms with van der Waals surface area (Å²) in [6.45, 7) is 7.04. The number of nitrogens with zero attached hydrogens (tertiary/aromatic N) is 1. The van der Waals surface area contributed by atoms with Crippen LogP contribution in [0.5, 0.6) is 0 Å². The van der Waals surface area contributed by atoms with Gasteiger partial charge in [0.05, 0.1) is 24.5 Å². The average Bonchev–Trinajstić information content (AvgIpc) is 2.63. The molecule has 1 heterocycles. The SMILES string of the molecule is COC(=O)Cc1c(C)nc(C(=O)CBr)c(C)c1-c1ccc(Cl)cc1CC(C)(C)O. The molecule has 1 aromatic carbocycles. The second-order valence-electron chi connectivity index (χ2n) is 7.62. The fourth-order valence-corrected chi connectivity index (χ4v) is 3.86. The maximum absolute atomic E-state index is 12.5. The highest BCUT2D eigenvalue weighted by molar-refractivity contribution is 9.09. The van der Waals surface area contributed by atoms with Crippen LogP contribution in [0.25, 0.3) is 11.1 Å². The first kappa shape index (κ1) is 23.5. The van der Waals surface area contributed by atoms with Crippen LogP contribution in [0.1, 0.15) is 46.7 Å². The third-order valence-electron chi connectivity index (χ3n) is 4.64. The fraction of sp³-hybridized carbons (Fsp3) is 0.409. The molecular weight excluding hydrogens is 458 g/mol. The fourth-order valence-electron chi connectivity index (χ4n) is 3.40. The molecule has 0 radical (unpaired) electrons. The summed E-state index contributed by atoms with van der Waals surface area (Å²) in [7, 11) is 1.34. The molecule has 1 aromatic heterocycles. The van der Waals surface area contributed by atoms with Crippen LogP contribution in [-0.2, 0) is 22.4 Å². The van der Waals surface area contributed by atoms with Gasteiger partial charge in [0.15, 0.2) is 5.78 Å². The van der Waals surface area contributed by atoms with E-state index in [0.717, 1.165) is 16.7 Å². The number of alkyl halides is 1. The molecule has 0 aliphatic rings. The van der Waals surface area contributed by atoms with Gasteiger partial charge in [0.25, 0.3) is 0 Å². The van der Waals surface area contributed by atoms with E-state index >= 15 is 0 Å². The number of aromatic nitrogens is 1. The van der Waals surface area contributed by atoms with E-state index in [9.17, 15) is 14.7 Å². The maximum Gasteiger partial charge on any atom is 0.310 e. The molecule has 0 saturated heterocycles. The number of ether oxygens (including phenoxy) is 1. The third-order valence-corrected chi connectivity index (χ3v) is 5.39. The summed E-state index contributed by atoms with van der Waals surface area (Å²) in [5.41, 5.74) is 3.73. The lowest BCUT2D eigenvalue weighted by Crippen LogP contribution is -2.22. The molecule has 1 N–H and O–H groups in total. The number of benzene rings is 1. The molecule has 0 spiro atoms. The van der Waals surface area contributed by atoms with Gasteiger partial charge in [0.1, 0.15) is 5.69 Å². The van der Waals surface area contributed by atoms with E-state index in [-0.39, 0.29) is 17.5 Å². The predicted molar refractivity (Wildman–Crippen MR) is 118 cm³/mol. The van der Waals surface area contributed by atoms with Crippen molar-refractivity contribution >= 4 is 39.3 Å². The number of pyridine rings is 1. The molecule has 29 heavy (non-hydrogen) atoms. The highest BCUT2D eigenvalue weighted by Crippen LogP contribution is 2.36. The normalized spacial score (nSPS) is 11.4. The van der Waals surface area contributed by atoms with Crippen molar-refractivity contribution in [2.75, 3.05) is 12.4 Å². The second-order valence-corrected chi connectivity index (χ2v) is 8.62. The highest BCUT2D eigenvalue weighted by atomic mass is 79.9. The number of methoxy groups -OCH3 is 1. The summed E-state index contributed by atoms with van der Waals surface area (Å²) < 4.78 is 4.87. The minimum absolute atomic E-state index is 0.0267. The van der Waals surface area contributed by atoms with Crippen LogP contribution in [0.4, 0.5) is 0 Å². The zero-order valence-corrected chi connectivity index (χ0v) is 19.6. The number of rotatable bonds is 7. The Kier molecular flexibility index (Phi) is 7.60. The smallest absolute Gasteiger partial charge is 0.310 e. The first-order chi connectivity index (χ1) is 13.5. The average molecular weight is 483 g/mol. The van der Waals surface area contributed by atoms with Crippen LogP contribution < -0.4 is 0 Å². The number of carbonyl (C=O) groups excluding carboxylic acids is 2. The highest BCUT2D eigenvalue weighted by Gasteiger charge is 2.25. The number of Topliss-reactive ketones (excluding diaryl/α,β-unsaturated/α-hetero) is 1. The molecule has 0 amide bonds. The zero-order valence-electron chi connectivity index (χ0n) is 17.2. The number of hydrogen-bond donors (Lipinski definition) is 1. The molecule has 5 nitrogen and oxygen atoms in total. The van der Waals surface area contributed by atoms with Gasteiger partial charge in [0.2, 0.25) is 0 Å². The van der Waals surface area contributed by atoms with Gasteiger partial charge in [-0.3, -0.25) is 9.59 Å².